The molecule has 0 fully saturated rings. The molecule has 2 heterocycles. The molecule has 0 atom stereocenters. The molecular formula is C21H20ClFN2O3S. The lowest BCUT2D eigenvalue weighted by molar-refractivity contribution is -0.0171. The van der Waals surface area contributed by atoms with Gasteiger partial charge in [0.25, 0.3) is 5.56 Å². The van der Waals surface area contributed by atoms with Gasteiger partial charge in [0, 0.05) is 28.4 Å². The van der Waals surface area contributed by atoms with E-state index in [1.807, 2.05) is 13.8 Å². The van der Waals surface area contributed by atoms with E-state index in [0.717, 1.165) is 5.56 Å². The summed E-state index contributed by atoms with van der Waals surface area (Å²) >= 11 is 7.46. The van der Waals surface area contributed by atoms with Crippen LogP contribution >= 0.6 is 23.4 Å². The molecule has 0 N–H and O–H groups in total. The van der Waals surface area contributed by atoms with Crippen LogP contribution in [0.15, 0.2) is 40.3 Å². The summed E-state index contributed by atoms with van der Waals surface area (Å²) < 4.78 is 26.5. The van der Waals surface area contributed by atoms with Crippen LogP contribution in [-0.4, -0.2) is 16.3 Å². The van der Waals surface area contributed by atoms with Gasteiger partial charge < -0.3 is 9.47 Å². The van der Waals surface area contributed by atoms with Gasteiger partial charge in [0.15, 0.2) is 11.9 Å². The third kappa shape index (κ3) is 4.27. The maximum atomic E-state index is 14.0. The van der Waals surface area contributed by atoms with Crippen molar-refractivity contribution in [2.24, 2.45) is 5.92 Å². The Bertz CT molecular complexity index is 1130. The molecule has 0 bridgehead atoms. The Morgan fingerprint density at radius 2 is 2.14 bits per heavy atom. The van der Waals surface area contributed by atoms with Crippen molar-refractivity contribution in [1.29, 1.82) is 0 Å². The highest BCUT2D eigenvalue weighted by Crippen LogP contribution is 2.34. The van der Waals surface area contributed by atoms with Crippen molar-refractivity contribution in [3.63, 3.8) is 0 Å². The number of ether oxygens (including phenoxy) is 2. The maximum absolute atomic E-state index is 14.0. The lowest BCUT2D eigenvalue weighted by Gasteiger charge is -2.21. The van der Waals surface area contributed by atoms with Gasteiger partial charge >= 0.3 is 0 Å². The fourth-order valence-corrected chi connectivity index (χ4v) is 4.46. The normalized spacial score (nSPS) is 13.6. The zero-order chi connectivity index (χ0) is 20.5. The van der Waals surface area contributed by atoms with Crippen LogP contribution in [0.3, 0.4) is 0 Å². The largest absolute Gasteiger partial charge is 0.467 e. The van der Waals surface area contributed by atoms with Crippen molar-refractivity contribution in [2.75, 3.05) is 6.79 Å². The summed E-state index contributed by atoms with van der Waals surface area (Å²) in [7, 11) is 0. The SMILES string of the molecule is CC(C)Cn1c(SCc2cc(F)cc3c2OCOC3)nc2ccc(Cl)cc2c1=O. The number of hydrogen-bond donors (Lipinski definition) is 0. The Hall–Kier alpha value is -2.09. The van der Waals surface area contributed by atoms with Crippen LogP contribution in [0.1, 0.15) is 25.0 Å². The first kappa shape index (κ1) is 20.2. The van der Waals surface area contributed by atoms with E-state index in [2.05, 4.69) is 4.98 Å². The zero-order valence-corrected chi connectivity index (χ0v) is 17.6. The van der Waals surface area contributed by atoms with E-state index in [0.29, 0.717) is 51.3 Å². The highest BCUT2D eigenvalue weighted by Gasteiger charge is 2.19. The molecule has 5 nitrogen and oxygen atoms in total. The van der Waals surface area contributed by atoms with E-state index in [9.17, 15) is 9.18 Å². The van der Waals surface area contributed by atoms with Crippen LogP contribution in [-0.2, 0) is 23.6 Å². The minimum atomic E-state index is -0.339. The third-order valence-corrected chi connectivity index (χ3v) is 5.80. The Labute approximate surface area is 176 Å². The van der Waals surface area contributed by atoms with Crippen LogP contribution in [0.5, 0.6) is 5.75 Å². The molecular weight excluding hydrogens is 415 g/mol. The predicted octanol–water partition coefficient (Wildman–Crippen LogP) is 5.00. The molecule has 0 saturated carbocycles. The Kier molecular flexibility index (Phi) is 5.81. The number of rotatable bonds is 5. The monoisotopic (exact) mass is 434 g/mol. The number of aromatic nitrogens is 2. The highest BCUT2D eigenvalue weighted by atomic mass is 35.5. The molecule has 0 saturated heterocycles. The second-order valence-corrected chi connectivity index (χ2v) is 8.70. The maximum Gasteiger partial charge on any atom is 0.262 e. The van der Waals surface area contributed by atoms with Crippen LogP contribution in [0.4, 0.5) is 4.39 Å². The molecule has 8 heteroatoms. The van der Waals surface area contributed by atoms with Gasteiger partial charge in [-0.2, -0.15) is 0 Å². The van der Waals surface area contributed by atoms with Crippen LogP contribution in [0, 0.1) is 11.7 Å². The van der Waals surface area contributed by atoms with Gasteiger partial charge in [-0.15, -0.1) is 0 Å². The first-order valence-corrected chi connectivity index (χ1v) is 10.6. The molecule has 1 aliphatic heterocycles. The highest BCUT2D eigenvalue weighted by molar-refractivity contribution is 7.98. The van der Waals surface area contributed by atoms with Crippen LogP contribution < -0.4 is 10.3 Å². The van der Waals surface area contributed by atoms with Crippen molar-refractivity contribution in [3.05, 3.63) is 62.7 Å². The van der Waals surface area contributed by atoms with Gasteiger partial charge in [-0.05, 0) is 36.2 Å². The topological polar surface area (TPSA) is 53.4 Å². The molecule has 0 unspecified atom stereocenters. The molecule has 3 aromatic rings. The van der Waals surface area contributed by atoms with E-state index in [-0.39, 0.29) is 24.1 Å². The van der Waals surface area contributed by atoms with E-state index >= 15 is 0 Å². The van der Waals surface area contributed by atoms with Crippen molar-refractivity contribution >= 4 is 34.3 Å². The Morgan fingerprint density at radius 1 is 1.31 bits per heavy atom. The fourth-order valence-electron chi connectivity index (χ4n) is 3.32. The number of hydrogen-bond acceptors (Lipinski definition) is 5. The minimum Gasteiger partial charge on any atom is -0.467 e. The molecule has 0 spiro atoms. The van der Waals surface area contributed by atoms with Gasteiger partial charge in [0.2, 0.25) is 0 Å². The minimum absolute atomic E-state index is 0.125. The second kappa shape index (κ2) is 8.34. The van der Waals surface area contributed by atoms with E-state index in [4.69, 9.17) is 21.1 Å². The lowest BCUT2D eigenvalue weighted by Crippen LogP contribution is -2.25. The summed E-state index contributed by atoms with van der Waals surface area (Å²) in [5.41, 5.74) is 1.87. The smallest absolute Gasteiger partial charge is 0.262 e. The number of thioether (sulfide) groups is 1. The number of halogens is 2. The molecule has 4 rings (SSSR count). The molecule has 29 heavy (non-hydrogen) atoms. The molecule has 0 amide bonds. The summed E-state index contributed by atoms with van der Waals surface area (Å²) in [6.45, 7) is 5.07. The van der Waals surface area contributed by atoms with Gasteiger partial charge in [0.1, 0.15) is 11.6 Å². The summed E-state index contributed by atoms with van der Waals surface area (Å²) in [4.78, 5) is 17.8. The number of nitrogens with zero attached hydrogens (tertiary/aromatic N) is 2. The first-order chi connectivity index (χ1) is 13.9. The average Bonchev–Trinajstić information content (AvgIpc) is 2.68. The third-order valence-electron chi connectivity index (χ3n) is 4.54. The number of fused-ring (bicyclic) bond motifs is 2. The second-order valence-electron chi connectivity index (χ2n) is 7.32. The average molecular weight is 435 g/mol. The van der Waals surface area contributed by atoms with Gasteiger partial charge in [-0.3, -0.25) is 9.36 Å². The summed E-state index contributed by atoms with van der Waals surface area (Å²) in [6.07, 6.45) is 0. The van der Waals surface area contributed by atoms with Crippen LogP contribution in [0.25, 0.3) is 10.9 Å². The van der Waals surface area contributed by atoms with Gasteiger partial charge in [-0.1, -0.05) is 37.2 Å². The quantitative estimate of drug-likeness (QED) is 0.417. The molecule has 1 aliphatic rings. The van der Waals surface area contributed by atoms with Crippen molar-refractivity contribution in [3.8, 4) is 5.75 Å². The summed E-state index contributed by atoms with van der Waals surface area (Å²) in [5, 5.41) is 1.58. The fraction of sp³-hybridized carbons (Fsp3) is 0.333. The predicted molar refractivity (Wildman–Crippen MR) is 112 cm³/mol. The first-order valence-electron chi connectivity index (χ1n) is 9.27. The molecule has 0 aliphatic carbocycles. The molecule has 0 radical (unpaired) electrons. The summed E-state index contributed by atoms with van der Waals surface area (Å²) in [5.74, 6) is 0.987. The standard InChI is InChI=1S/C21H20ClFN2O3S/c1-12(2)8-25-20(26)17-7-15(22)3-4-18(17)24-21(25)29-10-14-6-16(23)5-13-9-27-11-28-19(13)14/h3-7,12H,8-11H2,1-2H3. The molecule has 2 aromatic carbocycles. The lowest BCUT2D eigenvalue weighted by atomic mass is 10.1. The van der Waals surface area contributed by atoms with Crippen LogP contribution in [0.2, 0.25) is 5.02 Å². The van der Waals surface area contributed by atoms with Gasteiger partial charge in [0.05, 0.1) is 17.5 Å². The Balaban J connectivity index is 1.73. The Morgan fingerprint density at radius 3 is 2.93 bits per heavy atom. The number of benzene rings is 2. The van der Waals surface area contributed by atoms with Crippen molar-refractivity contribution in [1.82, 2.24) is 9.55 Å². The zero-order valence-electron chi connectivity index (χ0n) is 16.1. The molecule has 1 aromatic heterocycles. The van der Waals surface area contributed by atoms with Gasteiger partial charge in [-0.25, -0.2) is 9.37 Å². The summed E-state index contributed by atoms with van der Waals surface area (Å²) in [6, 6.07) is 7.99. The van der Waals surface area contributed by atoms with E-state index in [1.54, 1.807) is 22.8 Å². The molecule has 152 valence electrons. The van der Waals surface area contributed by atoms with Crippen molar-refractivity contribution < 1.29 is 13.9 Å². The van der Waals surface area contributed by atoms with E-state index < -0.39 is 0 Å². The van der Waals surface area contributed by atoms with E-state index in [1.165, 1.54) is 23.9 Å². The van der Waals surface area contributed by atoms with Crippen molar-refractivity contribution in [2.45, 2.75) is 37.9 Å².